The van der Waals surface area contributed by atoms with Crippen molar-refractivity contribution in [1.29, 1.82) is 0 Å². The summed E-state index contributed by atoms with van der Waals surface area (Å²) >= 11 is 0. The van der Waals surface area contributed by atoms with Crippen molar-refractivity contribution in [3.8, 4) is 0 Å². The van der Waals surface area contributed by atoms with Crippen LogP contribution in [0.5, 0.6) is 0 Å². The molecule has 3 nitrogen and oxygen atoms in total. The molecular weight excluding hydrogens is 462 g/mol. The molecule has 3 aromatic rings. The van der Waals surface area contributed by atoms with Gasteiger partial charge in [-0.1, -0.05) is 69.2 Å². The fraction of sp³-hybridized carbons (Fsp3) is 0.200. The Kier molecular flexibility index (Phi) is 8.38. The van der Waals surface area contributed by atoms with E-state index in [2.05, 4.69) is 129 Å². The van der Waals surface area contributed by atoms with Gasteiger partial charge in [-0.25, -0.2) is 9.56 Å². The zero-order valence-electron chi connectivity index (χ0n) is 23.2. The normalized spacial score (nSPS) is 15.5. The highest BCUT2D eigenvalue weighted by Crippen LogP contribution is 2.33. The summed E-state index contributed by atoms with van der Waals surface area (Å²) in [6, 6.07) is 17.5. The van der Waals surface area contributed by atoms with Gasteiger partial charge in [0.2, 0.25) is 11.4 Å². The monoisotopic (exact) mass is 501 g/mol. The van der Waals surface area contributed by atoms with Gasteiger partial charge in [0, 0.05) is 44.4 Å². The molecule has 38 heavy (non-hydrogen) atoms. The Bertz CT molecular complexity index is 1530. The molecule has 0 bridgehead atoms. The minimum atomic E-state index is 0.856. The molecule has 0 fully saturated rings. The average Bonchev–Trinajstić information content (AvgIpc) is 2.93. The van der Waals surface area contributed by atoms with Gasteiger partial charge in [0.05, 0.1) is 11.1 Å². The standard InChI is InChI=1S/C35H38N3/c1-8-10-11-33-35(26(4)19-21-38(33)7)34(25(3)9-2)32-23-28(18-20-36-32)13-12-27-14-15-30-24-31(37(5)6)17-16-29(30)22-27/h8,10-18,20,22-24H,1,3-4,9,19,21H2,2,5-7H3/q+1/p+1/b11-10-,13-12+,35-34-. The maximum atomic E-state index is 4.45. The van der Waals surface area contributed by atoms with Crippen LogP contribution in [0, 0.1) is 0 Å². The minimum Gasteiger partial charge on any atom is -0.378 e. The second kappa shape index (κ2) is 11.9. The van der Waals surface area contributed by atoms with E-state index in [9.17, 15) is 0 Å². The molecule has 2 aromatic carbocycles. The van der Waals surface area contributed by atoms with Crippen LogP contribution in [0.25, 0.3) is 28.5 Å². The molecule has 1 aromatic heterocycles. The highest BCUT2D eigenvalue weighted by molar-refractivity contribution is 6.15. The number of benzene rings is 2. The largest absolute Gasteiger partial charge is 0.378 e. The zero-order chi connectivity index (χ0) is 27.2. The number of hydrogen-bond acceptors (Lipinski definition) is 1. The van der Waals surface area contributed by atoms with Gasteiger partial charge in [-0.2, -0.15) is 0 Å². The number of hydrogen-bond donors (Lipinski definition) is 0. The summed E-state index contributed by atoms with van der Waals surface area (Å²) in [5, 5.41) is 2.48. The number of allylic oxidation sites excluding steroid dienone is 6. The maximum absolute atomic E-state index is 4.45. The van der Waals surface area contributed by atoms with E-state index in [1.165, 1.54) is 22.0 Å². The van der Waals surface area contributed by atoms with Crippen molar-refractivity contribution < 1.29 is 9.56 Å². The Hall–Kier alpha value is -4.24. The summed E-state index contributed by atoms with van der Waals surface area (Å²) < 4.78 is 2.29. The summed E-state index contributed by atoms with van der Waals surface area (Å²) in [7, 11) is 6.27. The van der Waals surface area contributed by atoms with Crippen LogP contribution in [0.2, 0.25) is 0 Å². The number of nitrogens with zero attached hydrogens (tertiary/aromatic N) is 2. The first-order valence-corrected chi connectivity index (χ1v) is 13.2. The van der Waals surface area contributed by atoms with Crippen molar-refractivity contribution >= 4 is 39.9 Å². The summed E-state index contributed by atoms with van der Waals surface area (Å²) in [4.78, 5) is 5.63. The molecule has 1 aliphatic rings. The number of aromatic amines is 1. The zero-order valence-corrected chi connectivity index (χ0v) is 23.2. The minimum absolute atomic E-state index is 0.856. The fourth-order valence-corrected chi connectivity index (χ4v) is 4.83. The van der Waals surface area contributed by atoms with Crippen molar-refractivity contribution in [2.45, 2.75) is 19.8 Å². The van der Waals surface area contributed by atoms with Gasteiger partial charge < -0.3 is 4.90 Å². The number of rotatable bonds is 8. The lowest BCUT2D eigenvalue weighted by Crippen LogP contribution is -2.27. The van der Waals surface area contributed by atoms with Gasteiger partial charge in [0.25, 0.3) is 0 Å². The first kappa shape index (κ1) is 26.8. The number of pyridine rings is 1. The van der Waals surface area contributed by atoms with Crippen molar-refractivity contribution in [1.82, 2.24) is 0 Å². The lowest BCUT2D eigenvalue weighted by atomic mass is 9.85. The van der Waals surface area contributed by atoms with Crippen molar-refractivity contribution in [2.75, 3.05) is 32.6 Å². The van der Waals surface area contributed by atoms with Crippen LogP contribution in [0.1, 0.15) is 36.6 Å². The number of H-pyrrole nitrogens is 1. The molecule has 0 radical (unpaired) electrons. The Morgan fingerprint density at radius 2 is 1.71 bits per heavy atom. The third kappa shape index (κ3) is 5.84. The molecule has 0 unspecified atom stereocenters. The second-order valence-corrected chi connectivity index (χ2v) is 10.0. The first-order chi connectivity index (χ1) is 18.3. The van der Waals surface area contributed by atoms with E-state index in [1.807, 2.05) is 18.3 Å². The van der Waals surface area contributed by atoms with E-state index in [-0.39, 0.29) is 0 Å². The number of aromatic nitrogens is 1. The molecule has 0 saturated heterocycles. The van der Waals surface area contributed by atoms with E-state index in [0.29, 0.717) is 0 Å². The summed E-state index contributed by atoms with van der Waals surface area (Å²) in [5.74, 6) is 0. The lowest BCUT2D eigenvalue weighted by Gasteiger charge is -2.20. The molecule has 192 valence electrons. The summed E-state index contributed by atoms with van der Waals surface area (Å²) in [5.41, 5.74) is 10.2. The Labute approximate surface area is 227 Å². The average molecular weight is 502 g/mol. The van der Waals surface area contributed by atoms with Gasteiger partial charge in [0.15, 0.2) is 6.20 Å². The molecule has 0 saturated carbocycles. The van der Waals surface area contributed by atoms with Crippen LogP contribution >= 0.6 is 0 Å². The van der Waals surface area contributed by atoms with Crippen LogP contribution in [0.4, 0.5) is 5.69 Å². The number of fused-ring (bicyclic) bond motifs is 1. The fourth-order valence-electron chi connectivity index (χ4n) is 4.83. The highest BCUT2D eigenvalue weighted by Gasteiger charge is 2.30. The van der Waals surface area contributed by atoms with Crippen LogP contribution in [-0.2, 0) is 0 Å². The first-order valence-electron chi connectivity index (χ1n) is 13.2. The molecule has 1 aliphatic heterocycles. The second-order valence-electron chi connectivity index (χ2n) is 10.0. The van der Waals surface area contributed by atoms with Gasteiger partial charge in [-0.3, -0.25) is 0 Å². The van der Waals surface area contributed by atoms with Crippen molar-refractivity contribution in [3.63, 3.8) is 0 Å². The van der Waals surface area contributed by atoms with E-state index in [4.69, 9.17) is 0 Å². The van der Waals surface area contributed by atoms with Crippen molar-refractivity contribution in [2.24, 2.45) is 0 Å². The van der Waals surface area contributed by atoms with Crippen LogP contribution in [0.3, 0.4) is 0 Å². The van der Waals surface area contributed by atoms with Gasteiger partial charge in [0.1, 0.15) is 13.6 Å². The van der Waals surface area contributed by atoms with E-state index >= 15 is 0 Å². The molecule has 3 heteroatoms. The summed E-state index contributed by atoms with van der Waals surface area (Å²) in [6.07, 6.45) is 14.1. The van der Waals surface area contributed by atoms with Gasteiger partial charge >= 0.3 is 0 Å². The molecule has 0 amide bonds. The van der Waals surface area contributed by atoms with E-state index in [1.54, 1.807) is 0 Å². The Morgan fingerprint density at radius 1 is 1.00 bits per heavy atom. The Balaban J connectivity index is 1.74. The van der Waals surface area contributed by atoms with Crippen molar-refractivity contribution in [3.05, 3.63) is 126 Å². The third-order valence-electron chi connectivity index (χ3n) is 7.12. The molecule has 4 rings (SSSR count). The van der Waals surface area contributed by atoms with Crippen LogP contribution in [0.15, 0.2) is 109 Å². The van der Waals surface area contributed by atoms with Gasteiger partial charge in [-0.15, -0.1) is 0 Å². The molecule has 2 heterocycles. The number of anilines is 1. The SMILES string of the molecule is C=C/C=C\C1=[N+](C)CCC(=C)/C1=C(\C(=C)CC)c1cc(/C=C/c2ccc3cc(N(C)C)ccc3c2)cc[nH+]1. The topological polar surface area (TPSA) is 20.4 Å². The van der Waals surface area contributed by atoms with E-state index < -0.39 is 0 Å². The molecule has 1 N–H and O–H groups in total. The van der Waals surface area contributed by atoms with Crippen LogP contribution < -0.4 is 9.88 Å². The third-order valence-corrected chi connectivity index (χ3v) is 7.12. The number of nitrogens with one attached hydrogen (secondary N) is 1. The predicted octanol–water partition coefficient (Wildman–Crippen LogP) is 7.40. The molecule has 0 atom stereocenters. The quantitative estimate of drug-likeness (QED) is 0.233. The smallest absolute Gasteiger partial charge is 0.212 e. The lowest BCUT2D eigenvalue weighted by molar-refractivity contribution is -0.497. The summed E-state index contributed by atoms with van der Waals surface area (Å²) in [6.45, 7) is 15.9. The maximum Gasteiger partial charge on any atom is 0.212 e. The van der Waals surface area contributed by atoms with E-state index in [0.717, 1.165) is 58.6 Å². The molecule has 0 spiro atoms. The van der Waals surface area contributed by atoms with Gasteiger partial charge in [-0.05, 0) is 57.7 Å². The highest BCUT2D eigenvalue weighted by atomic mass is 15.1. The predicted molar refractivity (Wildman–Crippen MR) is 166 cm³/mol. The molecular formula is C35H39N3+2. The van der Waals surface area contributed by atoms with Crippen LogP contribution in [-0.4, -0.2) is 38.0 Å². The Morgan fingerprint density at radius 3 is 2.42 bits per heavy atom. The molecule has 0 aliphatic carbocycles.